The first-order valence-electron chi connectivity index (χ1n) is 10.1. The predicted octanol–water partition coefficient (Wildman–Crippen LogP) is 2.04. The van der Waals surface area contributed by atoms with Crippen LogP contribution in [0.4, 0.5) is 4.79 Å². The van der Waals surface area contributed by atoms with Gasteiger partial charge >= 0.3 is 5.91 Å². The van der Waals surface area contributed by atoms with Crippen LogP contribution in [0.15, 0.2) is 24.3 Å². The molecule has 1 aliphatic carbocycles. The van der Waals surface area contributed by atoms with Gasteiger partial charge in [-0.25, -0.2) is 9.28 Å². The van der Waals surface area contributed by atoms with Gasteiger partial charge < -0.3 is 20.3 Å². The molecular formula is C21H29ClN2O4. The van der Waals surface area contributed by atoms with Crippen LogP contribution in [0, 0.1) is 5.92 Å². The number of aliphatic hydroxyl groups is 1. The van der Waals surface area contributed by atoms with E-state index < -0.39 is 28.0 Å². The lowest BCUT2D eigenvalue weighted by atomic mass is 9.68. The minimum Gasteiger partial charge on any atom is -0.498 e. The third kappa shape index (κ3) is 3.96. The van der Waals surface area contributed by atoms with E-state index in [2.05, 4.69) is 12.2 Å². The van der Waals surface area contributed by atoms with Crippen molar-refractivity contribution in [3.8, 4) is 0 Å². The zero-order valence-electron chi connectivity index (χ0n) is 16.3. The van der Waals surface area contributed by atoms with E-state index in [1.807, 2.05) is 0 Å². The maximum atomic E-state index is 13.7. The molecule has 1 atom stereocenters. The van der Waals surface area contributed by atoms with Crippen LogP contribution in [0.3, 0.4) is 0 Å². The number of carbonyl (C=O) groups excluding carboxylic acids is 2. The molecule has 1 aromatic carbocycles. The van der Waals surface area contributed by atoms with E-state index in [4.69, 9.17) is 11.6 Å². The normalized spacial score (nSPS) is 28.5. The van der Waals surface area contributed by atoms with Crippen LogP contribution < -0.4 is 10.4 Å². The number of rotatable bonds is 4. The summed E-state index contributed by atoms with van der Waals surface area (Å²) in [4.78, 5) is 25.9. The number of halogens is 1. The minimum atomic E-state index is -1.40. The van der Waals surface area contributed by atoms with Gasteiger partial charge in [-0.05, 0) is 49.3 Å². The molecule has 0 radical (unpaired) electrons. The second-order valence-electron chi connectivity index (χ2n) is 8.21. The van der Waals surface area contributed by atoms with E-state index in [0.717, 1.165) is 19.3 Å². The standard InChI is InChI=1S/C21H29ClN2O4/c1-2-15-6-8-21(28,9-7-15)18(16-4-3-5-17(22)14-16)19(25)24(20(26)27)12-10-23-11-13-24/h3-5,14-15,18,23,28H,2,6-13H2,1H3. The minimum absolute atomic E-state index is 0.117. The molecule has 28 heavy (non-hydrogen) atoms. The van der Waals surface area contributed by atoms with Crippen LogP contribution in [-0.2, 0) is 4.79 Å². The summed E-state index contributed by atoms with van der Waals surface area (Å²) in [5.41, 5.74) is -0.703. The van der Waals surface area contributed by atoms with Crippen molar-refractivity contribution < 1.29 is 24.3 Å². The van der Waals surface area contributed by atoms with Gasteiger partial charge in [0.1, 0.15) is 19.0 Å². The molecule has 2 N–H and O–H groups in total. The molecule has 2 fully saturated rings. The fourth-order valence-corrected chi connectivity index (χ4v) is 4.96. The summed E-state index contributed by atoms with van der Waals surface area (Å²) in [7, 11) is 0. The Balaban J connectivity index is 2.03. The van der Waals surface area contributed by atoms with E-state index in [0.29, 0.717) is 42.4 Å². The number of benzene rings is 1. The van der Waals surface area contributed by atoms with Crippen molar-refractivity contribution in [2.24, 2.45) is 5.92 Å². The Kier molecular flexibility index (Phi) is 6.44. The largest absolute Gasteiger partial charge is 0.498 e. The third-order valence-electron chi connectivity index (χ3n) is 6.63. The second kappa shape index (κ2) is 8.49. The maximum absolute atomic E-state index is 13.7. The van der Waals surface area contributed by atoms with Crippen LogP contribution in [-0.4, -0.2) is 53.4 Å². The first-order chi connectivity index (χ1) is 13.3. The molecule has 0 aromatic heterocycles. The Morgan fingerprint density at radius 3 is 2.50 bits per heavy atom. The smallest absolute Gasteiger partial charge is 0.330 e. The number of amides is 2. The second-order valence-corrected chi connectivity index (χ2v) is 8.65. The van der Waals surface area contributed by atoms with Gasteiger partial charge in [-0.2, -0.15) is 0 Å². The van der Waals surface area contributed by atoms with Crippen molar-refractivity contribution in [3.63, 3.8) is 0 Å². The fourth-order valence-electron chi connectivity index (χ4n) is 4.76. The van der Waals surface area contributed by atoms with E-state index in [1.165, 1.54) is 0 Å². The average Bonchev–Trinajstić information content (AvgIpc) is 2.69. The predicted molar refractivity (Wildman–Crippen MR) is 105 cm³/mol. The number of carboxylic acid groups (broad SMARTS) is 1. The van der Waals surface area contributed by atoms with Crippen LogP contribution in [0.5, 0.6) is 0 Å². The van der Waals surface area contributed by atoms with Crippen molar-refractivity contribution in [2.45, 2.75) is 50.5 Å². The Labute approximate surface area is 171 Å². The number of nitrogens with one attached hydrogen (secondary N) is 1. The summed E-state index contributed by atoms with van der Waals surface area (Å²) >= 11 is 6.17. The summed E-state index contributed by atoms with van der Waals surface area (Å²) < 4.78 is -0.760. The van der Waals surface area contributed by atoms with E-state index >= 15 is 0 Å². The summed E-state index contributed by atoms with van der Waals surface area (Å²) in [6.07, 6.45) is 2.23. The molecule has 1 saturated heterocycles. The van der Waals surface area contributed by atoms with E-state index in [1.54, 1.807) is 24.3 Å². The molecule has 1 unspecified atom stereocenters. The summed E-state index contributed by atoms with van der Waals surface area (Å²) in [6.45, 7) is 3.19. The molecule has 1 saturated carbocycles. The average molecular weight is 409 g/mol. The summed E-state index contributed by atoms with van der Waals surface area (Å²) in [5, 5.41) is 27.3. The SMILES string of the molecule is CCC1CCC(O)(C(C(=O)[N+]2(C(=O)[O-])CCNCC2)c2cccc(Cl)c2)CC1. The summed E-state index contributed by atoms with van der Waals surface area (Å²) in [6, 6.07) is 6.87. The van der Waals surface area contributed by atoms with Gasteiger partial charge in [-0.1, -0.05) is 37.1 Å². The molecular weight excluding hydrogens is 380 g/mol. The first kappa shape index (κ1) is 21.2. The van der Waals surface area contributed by atoms with Gasteiger partial charge in [0, 0.05) is 18.1 Å². The molecule has 1 heterocycles. The quantitative estimate of drug-likeness (QED) is 0.744. The van der Waals surface area contributed by atoms with E-state index in [-0.39, 0.29) is 13.1 Å². The number of imide groups is 1. The van der Waals surface area contributed by atoms with E-state index in [9.17, 15) is 19.8 Å². The molecule has 3 rings (SSSR count). The Morgan fingerprint density at radius 1 is 1.32 bits per heavy atom. The van der Waals surface area contributed by atoms with Gasteiger partial charge in [0.05, 0.1) is 5.60 Å². The van der Waals surface area contributed by atoms with Gasteiger partial charge in [0.15, 0.2) is 0 Å². The lowest BCUT2D eigenvalue weighted by Crippen LogP contribution is -2.70. The first-order valence-corrected chi connectivity index (χ1v) is 10.5. The maximum Gasteiger partial charge on any atom is 0.330 e. The van der Waals surface area contributed by atoms with Crippen molar-refractivity contribution in [2.75, 3.05) is 26.2 Å². The van der Waals surface area contributed by atoms with Crippen LogP contribution in [0.25, 0.3) is 0 Å². The number of nitrogens with zero attached hydrogens (tertiary/aromatic N) is 1. The van der Waals surface area contributed by atoms with Crippen LogP contribution >= 0.6 is 11.6 Å². The highest BCUT2D eigenvalue weighted by molar-refractivity contribution is 6.30. The monoisotopic (exact) mass is 408 g/mol. The molecule has 1 aromatic rings. The molecule has 7 heteroatoms. The van der Waals surface area contributed by atoms with Crippen LogP contribution in [0.1, 0.15) is 50.5 Å². The lowest BCUT2D eigenvalue weighted by Gasteiger charge is -2.46. The molecule has 154 valence electrons. The molecule has 2 aliphatic rings. The molecule has 0 bridgehead atoms. The number of quaternary nitrogens is 1. The zero-order chi connectivity index (χ0) is 20.4. The number of hydrogen-bond donors (Lipinski definition) is 2. The van der Waals surface area contributed by atoms with Crippen molar-refractivity contribution in [3.05, 3.63) is 34.9 Å². The van der Waals surface area contributed by atoms with Gasteiger partial charge in [0.2, 0.25) is 0 Å². The van der Waals surface area contributed by atoms with Crippen molar-refractivity contribution in [1.29, 1.82) is 0 Å². The molecule has 0 spiro atoms. The Bertz CT molecular complexity index is 725. The van der Waals surface area contributed by atoms with Gasteiger partial charge in [-0.3, -0.25) is 0 Å². The molecule has 1 aliphatic heterocycles. The number of carbonyl (C=O) groups is 2. The molecule has 2 amide bonds. The lowest BCUT2D eigenvalue weighted by molar-refractivity contribution is -0.808. The van der Waals surface area contributed by atoms with Crippen molar-refractivity contribution in [1.82, 2.24) is 5.32 Å². The highest BCUT2D eigenvalue weighted by atomic mass is 35.5. The third-order valence-corrected chi connectivity index (χ3v) is 6.86. The van der Waals surface area contributed by atoms with Gasteiger partial charge in [0.25, 0.3) is 6.09 Å². The van der Waals surface area contributed by atoms with Crippen LogP contribution in [0.2, 0.25) is 5.02 Å². The number of hydrogen-bond acceptors (Lipinski definition) is 5. The Hall–Kier alpha value is -1.47. The number of piperazine rings is 1. The molecule has 6 nitrogen and oxygen atoms in total. The summed E-state index contributed by atoms with van der Waals surface area (Å²) in [5.74, 6) is -0.917. The highest BCUT2D eigenvalue weighted by Crippen LogP contribution is 2.44. The van der Waals surface area contributed by atoms with Crippen molar-refractivity contribution >= 4 is 23.6 Å². The highest BCUT2D eigenvalue weighted by Gasteiger charge is 2.53. The topological polar surface area (TPSA) is 89.5 Å². The zero-order valence-corrected chi connectivity index (χ0v) is 17.1. The Morgan fingerprint density at radius 2 is 1.96 bits per heavy atom. The van der Waals surface area contributed by atoms with Gasteiger partial charge in [-0.15, -0.1) is 0 Å². The fraction of sp³-hybridized carbons (Fsp3) is 0.619.